The van der Waals surface area contributed by atoms with E-state index in [1.165, 1.54) is 5.69 Å². The largest absolute Gasteiger partial charge is 0.356 e. The van der Waals surface area contributed by atoms with Crippen molar-refractivity contribution < 1.29 is 9.59 Å². The molecule has 4 rings (SSSR count). The fourth-order valence-corrected chi connectivity index (χ4v) is 4.83. The summed E-state index contributed by atoms with van der Waals surface area (Å²) < 4.78 is 1.99. The van der Waals surface area contributed by atoms with E-state index in [9.17, 15) is 9.59 Å². The Labute approximate surface area is 185 Å². The highest BCUT2D eigenvalue weighted by Crippen LogP contribution is 2.30. The summed E-state index contributed by atoms with van der Waals surface area (Å²) in [4.78, 5) is 27.7. The molecule has 1 N–H and O–H groups in total. The smallest absolute Gasteiger partial charge is 0.274 e. The summed E-state index contributed by atoms with van der Waals surface area (Å²) in [6.07, 6.45) is 7.74. The summed E-state index contributed by atoms with van der Waals surface area (Å²) >= 11 is 0. The number of rotatable bonds is 7. The van der Waals surface area contributed by atoms with Gasteiger partial charge in [0.2, 0.25) is 5.91 Å². The summed E-state index contributed by atoms with van der Waals surface area (Å²) in [6, 6.07) is 8.20. The number of likely N-dealkylation sites (tertiary alicyclic amines) is 1. The van der Waals surface area contributed by atoms with E-state index < -0.39 is 0 Å². The summed E-state index contributed by atoms with van der Waals surface area (Å²) in [5.41, 5.74) is 5.11. The van der Waals surface area contributed by atoms with Gasteiger partial charge in [-0.2, -0.15) is 5.10 Å². The number of carbonyl (C=O) groups excluding carboxylic acids is 2. The monoisotopic (exact) mass is 422 g/mol. The number of aryl methyl sites for hydroxylation is 1. The van der Waals surface area contributed by atoms with Gasteiger partial charge in [0, 0.05) is 36.8 Å². The van der Waals surface area contributed by atoms with E-state index in [0.717, 1.165) is 74.7 Å². The fourth-order valence-electron chi connectivity index (χ4n) is 4.83. The van der Waals surface area contributed by atoms with E-state index in [0.29, 0.717) is 18.8 Å². The summed E-state index contributed by atoms with van der Waals surface area (Å²) in [5, 5.41) is 7.86. The Morgan fingerprint density at radius 2 is 1.90 bits per heavy atom. The molecule has 1 aromatic carbocycles. The average Bonchev–Trinajstić information content (AvgIpc) is 3.40. The van der Waals surface area contributed by atoms with Crippen molar-refractivity contribution in [2.24, 2.45) is 5.92 Å². The van der Waals surface area contributed by atoms with Crippen LogP contribution in [0.5, 0.6) is 0 Å². The van der Waals surface area contributed by atoms with Gasteiger partial charge in [0.05, 0.1) is 5.69 Å². The lowest BCUT2D eigenvalue weighted by atomic mass is 9.95. The molecule has 6 heteroatoms. The van der Waals surface area contributed by atoms with Gasteiger partial charge in [0.25, 0.3) is 5.91 Å². The van der Waals surface area contributed by atoms with E-state index >= 15 is 0 Å². The maximum atomic E-state index is 13.4. The van der Waals surface area contributed by atoms with Gasteiger partial charge in [-0.3, -0.25) is 9.59 Å². The summed E-state index contributed by atoms with van der Waals surface area (Å²) in [7, 11) is 0. The number of piperidine rings is 1. The minimum Gasteiger partial charge on any atom is -0.356 e. The van der Waals surface area contributed by atoms with Crippen LogP contribution in [0.15, 0.2) is 24.3 Å². The van der Waals surface area contributed by atoms with Gasteiger partial charge >= 0.3 is 0 Å². The summed E-state index contributed by atoms with van der Waals surface area (Å²) in [6.45, 7) is 6.25. The number of nitrogens with zero attached hydrogens (tertiary/aromatic N) is 3. The van der Waals surface area contributed by atoms with Crippen molar-refractivity contribution in [2.75, 3.05) is 19.6 Å². The molecule has 1 fully saturated rings. The van der Waals surface area contributed by atoms with Crippen LogP contribution >= 0.6 is 0 Å². The molecule has 0 radical (unpaired) electrons. The summed E-state index contributed by atoms with van der Waals surface area (Å²) in [5.74, 6) is 0.182. The number of nitrogens with one attached hydrogen (secondary N) is 1. The number of unbranched alkanes of at least 4 members (excludes halogenated alkanes) is 2. The van der Waals surface area contributed by atoms with Gasteiger partial charge in [0.15, 0.2) is 5.69 Å². The van der Waals surface area contributed by atoms with Gasteiger partial charge in [-0.05, 0) is 57.1 Å². The Morgan fingerprint density at radius 1 is 1.13 bits per heavy atom. The Morgan fingerprint density at radius 3 is 2.65 bits per heavy atom. The third-order valence-corrected chi connectivity index (χ3v) is 6.71. The van der Waals surface area contributed by atoms with Crippen LogP contribution in [0.3, 0.4) is 0 Å². The molecule has 166 valence electrons. The molecule has 2 heterocycles. The van der Waals surface area contributed by atoms with Crippen molar-refractivity contribution in [2.45, 2.75) is 65.2 Å². The first-order valence-electron chi connectivity index (χ1n) is 11.8. The van der Waals surface area contributed by atoms with Crippen LogP contribution in [-0.4, -0.2) is 46.1 Å². The molecule has 1 aliphatic heterocycles. The lowest BCUT2D eigenvalue weighted by Gasteiger charge is -2.31. The van der Waals surface area contributed by atoms with Gasteiger partial charge < -0.3 is 10.2 Å². The van der Waals surface area contributed by atoms with E-state index in [1.807, 2.05) is 21.7 Å². The highest BCUT2D eigenvalue weighted by atomic mass is 16.2. The number of benzene rings is 1. The van der Waals surface area contributed by atoms with Crippen LogP contribution in [0.2, 0.25) is 0 Å². The van der Waals surface area contributed by atoms with E-state index in [4.69, 9.17) is 5.10 Å². The van der Waals surface area contributed by atoms with Crippen molar-refractivity contribution in [3.63, 3.8) is 0 Å². The number of hydrogen-bond donors (Lipinski definition) is 1. The minimum atomic E-state index is 0.0147. The van der Waals surface area contributed by atoms with Crippen LogP contribution in [0, 0.1) is 12.8 Å². The van der Waals surface area contributed by atoms with Crippen LogP contribution in [0.25, 0.3) is 5.69 Å². The molecular formula is C25H34N4O2. The normalized spacial score (nSPS) is 16.4. The average molecular weight is 423 g/mol. The molecule has 6 nitrogen and oxygen atoms in total. The van der Waals surface area contributed by atoms with Gasteiger partial charge in [-0.25, -0.2) is 4.68 Å². The Bertz CT molecular complexity index is 941. The molecule has 0 unspecified atom stereocenters. The number of fused-ring (bicyclic) bond motifs is 1. The van der Waals surface area contributed by atoms with Crippen molar-refractivity contribution in [3.8, 4) is 5.69 Å². The zero-order chi connectivity index (χ0) is 21.8. The molecule has 2 aliphatic rings. The maximum absolute atomic E-state index is 13.4. The Kier molecular flexibility index (Phi) is 6.73. The molecule has 2 amide bonds. The highest BCUT2D eigenvalue weighted by Gasteiger charge is 2.33. The lowest BCUT2D eigenvalue weighted by molar-refractivity contribution is -0.126. The molecule has 2 aromatic rings. The Hall–Kier alpha value is -2.63. The molecule has 31 heavy (non-hydrogen) atoms. The number of carbonyl (C=O) groups is 2. The quantitative estimate of drug-likeness (QED) is 0.690. The van der Waals surface area contributed by atoms with Gasteiger partial charge in [-0.1, -0.05) is 38.0 Å². The molecule has 1 aromatic heterocycles. The second kappa shape index (κ2) is 9.67. The first kappa shape index (κ1) is 21.6. The topological polar surface area (TPSA) is 67.2 Å². The SMILES string of the molecule is CCCCCNC(=O)C1CCN(C(=O)c2nn(-c3ccccc3C)c3c2CCC3)CC1. The van der Waals surface area contributed by atoms with E-state index in [-0.39, 0.29) is 17.7 Å². The highest BCUT2D eigenvalue weighted by molar-refractivity contribution is 5.94. The predicted molar refractivity (Wildman–Crippen MR) is 121 cm³/mol. The zero-order valence-corrected chi connectivity index (χ0v) is 18.8. The van der Waals surface area contributed by atoms with Crippen LogP contribution in [0.1, 0.15) is 72.8 Å². The lowest BCUT2D eigenvalue weighted by Crippen LogP contribution is -2.43. The number of hydrogen-bond acceptors (Lipinski definition) is 3. The van der Waals surface area contributed by atoms with Crippen LogP contribution in [0.4, 0.5) is 0 Å². The number of para-hydroxylation sites is 1. The second-order valence-corrected chi connectivity index (χ2v) is 8.89. The first-order valence-corrected chi connectivity index (χ1v) is 11.8. The van der Waals surface area contributed by atoms with Crippen molar-refractivity contribution >= 4 is 11.8 Å². The van der Waals surface area contributed by atoms with E-state index in [1.54, 1.807) is 0 Å². The maximum Gasteiger partial charge on any atom is 0.274 e. The fraction of sp³-hybridized carbons (Fsp3) is 0.560. The minimum absolute atomic E-state index is 0.0147. The zero-order valence-electron chi connectivity index (χ0n) is 18.8. The van der Waals surface area contributed by atoms with Crippen LogP contribution < -0.4 is 5.32 Å². The van der Waals surface area contributed by atoms with E-state index in [2.05, 4.69) is 31.3 Å². The molecule has 1 saturated heterocycles. The van der Waals surface area contributed by atoms with Crippen molar-refractivity contribution in [1.82, 2.24) is 20.0 Å². The van der Waals surface area contributed by atoms with Gasteiger partial charge in [0.1, 0.15) is 0 Å². The molecule has 0 saturated carbocycles. The number of aromatic nitrogens is 2. The molecule has 0 spiro atoms. The molecular weight excluding hydrogens is 388 g/mol. The van der Waals surface area contributed by atoms with Gasteiger partial charge in [-0.15, -0.1) is 0 Å². The standard InChI is InChI=1S/C25H34N4O2/c1-3-4-7-15-26-24(30)19-13-16-28(17-14-19)25(31)23-20-10-8-12-22(20)29(27-23)21-11-6-5-9-18(21)2/h5-6,9,11,19H,3-4,7-8,10,12-17H2,1-2H3,(H,26,30). The van der Waals surface area contributed by atoms with Crippen molar-refractivity contribution in [3.05, 3.63) is 46.8 Å². The third kappa shape index (κ3) is 4.53. The predicted octanol–water partition coefficient (Wildman–Crippen LogP) is 3.83. The molecule has 0 atom stereocenters. The number of amides is 2. The molecule has 1 aliphatic carbocycles. The first-order chi connectivity index (χ1) is 15.1. The Balaban J connectivity index is 1.43. The van der Waals surface area contributed by atoms with Crippen LogP contribution in [-0.2, 0) is 17.6 Å². The second-order valence-electron chi connectivity index (χ2n) is 8.89. The molecule has 0 bridgehead atoms. The van der Waals surface area contributed by atoms with Crippen molar-refractivity contribution in [1.29, 1.82) is 0 Å². The third-order valence-electron chi connectivity index (χ3n) is 6.71.